The highest BCUT2D eigenvalue weighted by Gasteiger charge is 2.15. The van der Waals surface area contributed by atoms with Crippen LogP contribution >= 0.6 is 0 Å². The van der Waals surface area contributed by atoms with Gasteiger partial charge in [0, 0.05) is 0 Å². The van der Waals surface area contributed by atoms with Crippen LogP contribution in [0.25, 0.3) is 0 Å². The third kappa shape index (κ3) is 5.67. The van der Waals surface area contributed by atoms with Crippen molar-refractivity contribution >= 4 is 23.7 Å². The van der Waals surface area contributed by atoms with Gasteiger partial charge in [0.25, 0.3) is 0 Å². The molecule has 0 aromatic heterocycles. The molecule has 0 spiro atoms. The lowest BCUT2D eigenvalue weighted by atomic mass is 9.87. The summed E-state index contributed by atoms with van der Waals surface area (Å²) in [5.74, 6) is -1.20. The van der Waals surface area contributed by atoms with Gasteiger partial charge in [0.1, 0.15) is 5.75 Å². The van der Waals surface area contributed by atoms with Crippen molar-refractivity contribution in [2.45, 2.75) is 33.1 Å². The number of benzene rings is 2. The summed E-state index contributed by atoms with van der Waals surface area (Å²) >= 11 is 0. The average molecular weight is 367 g/mol. The molecular weight excluding hydrogens is 342 g/mol. The van der Waals surface area contributed by atoms with Crippen molar-refractivity contribution in [3.63, 3.8) is 0 Å². The summed E-state index contributed by atoms with van der Waals surface area (Å²) in [7, 11) is 1.50. The molecule has 2 amide bonds. The van der Waals surface area contributed by atoms with Gasteiger partial charge in [-0.1, -0.05) is 51.1 Å². The van der Waals surface area contributed by atoms with E-state index in [1.54, 1.807) is 12.1 Å². The Morgan fingerprint density at radius 3 is 2.30 bits per heavy atom. The molecule has 0 aliphatic rings. The fourth-order valence-electron chi connectivity index (χ4n) is 2.38. The Morgan fingerprint density at radius 1 is 1.04 bits per heavy atom. The lowest BCUT2D eigenvalue weighted by molar-refractivity contribution is -0.136. The average Bonchev–Trinajstić information content (AvgIpc) is 2.61. The van der Waals surface area contributed by atoms with E-state index in [1.807, 2.05) is 37.3 Å². The molecular formula is C21H25N3O3. The van der Waals surface area contributed by atoms with E-state index < -0.39 is 11.8 Å². The van der Waals surface area contributed by atoms with Crippen molar-refractivity contribution in [3.05, 3.63) is 59.2 Å². The molecule has 2 rings (SSSR count). The van der Waals surface area contributed by atoms with Crippen molar-refractivity contribution in [3.8, 4) is 5.75 Å². The number of hydrazone groups is 1. The van der Waals surface area contributed by atoms with E-state index in [0.717, 1.165) is 11.1 Å². The highest BCUT2D eigenvalue weighted by atomic mass is 16.5. The Kier molecular flexibility index (Phi) is 6.34. The number of aryl methyl sites for hydroxylation is 1. The molecule has 0 bridgehead atoms. The number of hydrogen-bond donors (Lipinski definition) is 2. The molecule has 6 heteroatoms. The van der Waals surface area contributed by atoms with Crippen LogP contribution in [0.4, 0.5) is 5.69 Å². The van der Waals surface area contributed by atoms with Gasteiger partial charge in [-0.3, -0.25) is 9.59 Å². The van der Waals surface area contributed by atoms with Crippen LogP contribution in [-0.2, 0) is 15.0 Å². The molecule has 0 aliphatic heterocycles. The van der Waals surface area contributed by atoms with Crippen LogP contribution in [-0.4, -0.2) is 25.1 Å². The Hall–Kier alpha value is -3.15. The van der Waals surface area contributed by atoms with Gasteiger partial charge in [0.15, 0.2) is 0 Å². The van der Waals surface area contributed by atoms with Crippen LogP contribution in [0.3, 0.4) is 0 Å². The first-order valence-corrected chi connectivity index (χ1v) is 8.60. The standard InChI is InChI=1S/C21H25N3O3/c1-14-6-11-18(27-5)17(12-14)23-19(25)20(26)24-22-13-15-7-9-16(10-8-15)21(2,3)4/h6-13H,1-5H3,(H,23,25)(H,24,26)/b22-13-. The van der Waals surface area contributed by atoms with E-state index >= 15 is 0 Å². The maximum atomic E-state index is 12.0. The van der Waals surface area contributed by atoms with Crippen LogP contribution in [0.5, 0.6) is 5.75 Å². The zero-order valence-corrected chi connectivity index (χ0v) is 16.3. The number of amides is 2. The van der Waals surface area contributed by atoms with Gasteiger partial charge >= 0.3 is 11.8 Å². The van der Waals surface area contributed by atoms with Crippen molar-refractivity contribution in [1.29, 1.82) is 0 Å². The molecule has 2 N–H and O–H groups in total. The fourth-order valence-corrected chi connectivity index (χ4v) is 2.38. The topological polar surface area (TPSA) is 79.8 Å². The van der Waals surface area contributed by atoms with Crippen molar-refractivity contribution in [2.24, 2.45) is 5.10 Å². The lowest BCUT2D eigenvalue weighted by Gasteiger charge is -2.18. The van der Waals surface area contributed by atoms with E-state index in [9.17, 15) is 9.59 Å². The Morgan fingerprint density at radius 2 is 1.70 bits per heavy atom. The van der Waals surface area contributed by atoms with Crippen LogP contribution in [0.15, 0.2) is 47.6 Å². The maximum absolute atomic E-state index is 12.0. The third-order valence-corrected chi connectivity index (χ3v) is 3.97. The highest BCUT2D eigenvalue weighted by molar-refractivity contribution is 6.39. The van der Waals surface area contributed by atoms with Gasteiger partial charge in [-0.15, -0.1) is 0 Å². The second-order valence-corrected chi connectivity index (χ2v) is 7.23. The summed E-state index contributed by atoms with van der Waals surface area (Å²) in [5, 5.41) is 6.36. The summed E-state index contributed by atoms with van der Waals surface area (Å²) in [6.07, 6.45) is 1.49. The molecule has 0 saturated heterocycles. The Labute approximate surface area is 159 Å². The van der Waals surface area contributed by atoms with Gasteiger partial charge in [-0.05, 0) is 41.2 Å². The molecule has 27 heavy (non-hydrogen) atoms. The first kappa shape index (κ1) is 20.2. The van der Waals surface area contributed by atoms with Crippen molar-refractivity contribution in [2.75, 3.05) is 12.4 Å². The number of carbonyl (C=O) groups is 2. The van der Waals surface area contributed by atoms with Gasteiger partial charge in [-0.25, -0.2) is 5.43 Å². The zero-order valence-electron chi connectivity index (χ0n) is 16.3. The molecule has 2 aromatic rings. The van der Waals surface area contributed by atoms with E-state index in [2.05, 4.69) is 36.6 Å². The van der Waals surface area contributed by atoms with Gasteiger partial charge in [-0.2, -0.15) is 5.10 Å². The number of anilines is 1. The minimum absolute atomic E-state index is 0.0683. The largest absolute Gasteiger partial charge is 0.495 e. The Balaban J connectivity index is 1.96. The molecule has 0 fully saturated rings. The zero-order chi connectivity index (χ0) is 20.0. The minimum atomic E-state index is -0.860. The van der Waals surface area contributed by atoms with Gasteiger partial charge < -0.3 is 10.1 Å². The summed E-state index contributed by atoms with van der Waals surface area (Å²) in [6, 6.07) is 13.2. The number of ether oxygens (including phenoxy) is 1. The molecule has 0 atom stereocenters. The number of rotatable bonds is 4. The van der Waals surface area contributed by atoms with E-state index in [0.29, 0.717) is 11.4 Å². The first-order chi connectivity index (χ1) is 12.7. The molecule has 0 radical (unpaired) electrons. The SMILES string of the molecule is COc1ccc(C)cc1NC(=O)C(=O)N/N=C\c1ccc(C(C)(C)C)cc1. The van der Waals surface area contributed by atoms with Crippen molar-refractivity contribution in [1.82, 2.24) is 5.43 Å². The lowest BCUT2D eigenvalue weighted by Crippen LogP contribution is -2.32. The van der Waals surface area contributed by atoms with Crippen LogP contribution in [0.1, 0.15) is 37.5 Å². The third-order valence-electron chi connectivity index (χ3n) is 3.97. The number of nitrogens with one attached hydrogen (secondary N) is 2. The molecule has 2 aromatic carbocycles. The molecule has 142 valence electrons. The number of methoxy groups -OCH3 is 1. The van der Waals surface area contributed by atoms with E-state index in [1.165, 1.54) is 18.9 Å². The second-order valence-electron chi connectivity index (χ2n) is 7.23. The van der Waals surface area contributed by atoms with Gasteiger partial charge in [0.2, 0.25) is 0 Å². The van der Waals surface area contributed by atoms with E-state index in [-0.39, 0.29) is 5.41 Å². The molecule has 0 unspecified atom stereocenters. The molecule has 0 aliphatic carbocycles. The first-order valence-electron chi connectivity index (χ1n) is 8.60. The number of hydrogen-bond acceptors (Lipinski definition) is 4. The molecule has 6 nitrogen and oxygen atoms in total. The normalized spacial score (nSPS) is 11.3. The summed E-state index contributed by atoms with van der Waals surface area (Å²) in [6.45, 7) is 8.29. The smallest absolute Gasteiger partial charge is 0.329 e. The fraction of sp³-hybridized carbons (Fsp3) is 0.286. The minimum Gasteiger partial charge on any atom is -0.495 e. The summed E-state index contributed by atoms with van der Waals surface area (Å²) in [4.78, 5) is 24.0. The van der Waals surface area contributed by atoms with Crippen LogP contribution in [0, 0.1) is 6.92 Å². The van der Waals surface area contributed by atoms with Crippen LogP contribution in [0.2, 0.25) is 0 Å². The monoisotopic (exact) mass is 367 g/mol. The molecule has 0 heterocycles. The Bertz CT molecular complexity index is 850. The quantitative estimate of drug-likeness (QED) is 0.494. The van der Waals surface area contributed by atoms with Gasteiger partial charge in [0.05, 0.1) is 19.0 Å². The second kappa shape index (κ2) is 8.49. The van der Waals surface area contributed by atoms with E-state index in [4.69, 9.17) is 4.74 Å². The number of carbonyl (C=O) groups excluding carboxylic acids is 2. The summed E-state index contributed by atoms with van der Waals surface area (Å²) in [5.41, 5.74) is 5.68. The van der Waals surface area contributed by atoms with Crippen LogP contribution < -0.4 is 15.5 Å². The molecule has 0 saturated carbocycles. The predicted molar refractivity (Wildman–Crippen MR) is 107 cm³/mol. The number of nitrogens with zero attached hydrogens (tertiary/aromatic N) is 1. The highest BCUT2D eigenvalue weighted by Crippen LogP contribution is 2.25. The van der Waals surface area contributed by atoms with Crippen molar-refractivity contribution < 1.29 is 14.3 Å². The maximum Gasteiger partial charge on any atom is 0.329 e. The predicted octanol–water partition coefficient (Wildman–Crippen LogP) is 3.39. The summed E-state index contributed by atoms with van der Waals surface area (Å²) < 4.78 is 5.18.